The first-order valence-corrected chi connectivity index (χ1v) is 26.9. The first-order valence-electron chi connectivity index (χ1n) is 21.1. The van der Waals surface area contributed by atoms with Gasteiger partial charge in [-0.2, -0.15) is 0 Å². The molecule has 2 aromatic heterocycles. The largest absolute Gasteiger partial charge is 1.00 e. The molecule has 64 heavy (non-hydrogen) atoms. The van der Waals surface area contributed by atoms with Crippen LogP contribution in [0.4, 0.5) is 0 Å². The number of aliphatic hydroxyl groups is 1. The fraction of sp³-hybridized carbons (Fsp3) is 0.533. The minimum atomic E-state index is -1.91. The van der Waals surface area contributed by atoms with Gasteiger partial charge in [0.15, 0.2) is 16.6 Å². The van der Waals surface area contributed by atoms with E-state index in [0.29, 0.717) is 12.8 Å². The quantitative estimate of drug-likeness (QED) is 0.0394. The van der Waals surface area contributed by atoms with Crippen LogP contribution in [-0.4, -0.2) is 96.7 Å². The number of imidazole rings is 2. The van der Waals surface area contributed by atoms with Crippen molar-refractivity contribution in [2.45, 2.75) is 128 Å². The molecule has 4 atom stereocenters. The monoisotopic (exact) mass is 920 g/mol. The van der Waals surface area contributed by atoms with Crippen LogP contribution in [0.3, 0.4) is 0 Å². The van der Waals surface area contributed by atoms with Crippen molar-refractivity contribution in [2.75, 3.05) is 13.7 Å². The SMILES string of the molecule is CC(O[Si](C)(C)C(C)(C)C)c1nc(-c2ccc(CC([B]OC=N)CO)cc2)cn1C.COC(=O)C([B]OC=N)Cc1ccc(-c2cn(C)c(C(C)O[Si](C)(C)C(C)(C)C)n2)cc1.[B].[H-].[Na+]. The van der Waals surface area contributed by atoms with Gasteiger partial charge in [0.2, 0.25) is 0 Å². The molecular weight excluding hydrogens is 848 g/mol. The van der Waals surface area contributed by atoms with Crippen LogP contribution < -0.4 is 29.6 Å². The Bertz CT molecular complexity index is 2060. The van der Waals surface area contributed by atoms with Crippen LogP contribution in [0.5, 0.6) is 0 Å². The van der Waals surface area contributed by atoms with Crippen LogP contribution in [0.25, 0.3) is 22.5 Å². The zero-order chi connectivity index (χ0) is 46.6. The van der Waals surface area contributed by atoms with E-state index < -0.39 is 28.4 Å². The van der Waals surface area contributed by atoms with E-state index in [2.05, 4.69) is 81.6 Å². The van der Waals surface area contributed by atoms with Crippen molar-refractivity contribution >= 4 is 58.8 Å². The molecule has 19 heteroatoms. The molecule has 0 saturated heterocycles. The normalized spacial score (nSPS) is 13.6. The fourth-order valence-corrected chi connectivity index (χ4v) is 8.98. The molecule has 341 valence electrons. The fourth-order valence-electron chi connectivity index (χ4n) is 6.30. The number of nitrogens with one attached hydrogen (secondary N) is 2. The second-order valence-corrected chi connectivity index (χ2v) is 28.4. The summed E-state index contributed by atoms with van der Waals surface area (Å²) in [6, 6.07) is 16.1. The Morgan fingerprint density at radius 2 is 1.12 bits per heavy atom. The van der Waals surface area contributed by atoms with Crippen molar-refractivity contribution in [1.82, 2.24) is 19.1 Å². The van der Waals surface area contributed by atoms with Gasteiger partial charge in [-0.05, 0) is 74.1 Å². The van der Waals surface area contributed by atoms with Crippen LogP contribution in [0, 0.1) is 10.8 Å². The van der Waals surface area contributed by atoms with E-state index in [1.165, 1.54) is 22.1 Å². The molecule has 2 aromatic carbocycles. The minimum absolute atomic E-state index is 0. The number of esters is 1. The summed E-state index contributed by atoms with van der Waals surface area (Å²) in [5.41, 5.74) is 5.88. The molecule has 13 nitrogen and oxygen atoms in total. The number of benzene rings is 2. The molecule has 0 amide bonds. The molecule has 3 N–H and O–H groups in total. The molecule has 0 bridgehead atoms. The molecule has 0 fully saturated rings. The Morgan fingerprint density at radius 3 is 1.47 bits per heavy atom. The van der Waals surface area contributed by atoms with Crippen LogP contribution in [-0.2, 0) is 54.6 Å². The van der Waals surface area contributed by atoms with Gasteiger partial charge in [0, 0.05) is 58.5 Å². The second-order valence-electron chi connectivity index (χ2n) is 18.9. The maximum absolute atomic E-state index is 11.9. The molecule has 0 saturated carbocycles. The maximum Gasteiger partial charge on any atom is 1.00 e. The molecule has 0 spiro atoms. The topological polar surface area (TPSA) is 167 Å². The summed E-state index contributed by atoms with van der Waals surface area (Å²) in [5, 5.41) is 23.6. The Kier molecular flexibility index (Phi) is 23.5. The third-order valence-corrected chi connectivity index (χ3v) is 21.1. The van der Waals surface area contributed by atoms with E-state index >= 15 is 0 Å². The summed E-state index contributed by atoms with van der Waals surface area (Å²) in [6.07, 6.45) is 6.60. The van der Waals surface area contributed by atoms with Crippen molar-refractivity contribution in [3.8, 4) is 22.5 Å². The minimum Gasteiger partial charge on any atom is -1.00 e. The summed E-state index contributed by atoms with van der Waals surface area (Å²) >= 11 is 0. The van der Waals surface area contributed by atoms with E-state index in [1.54, 1.807) is 0 Å². The average molecular weight is 920 g/mol. The van der Waals surface area contributed by atoms with Gasteiger partial charge in [-0.3, -0.25) is 15.6 Å². The number of aryl methyl sites for hydroxylation is 2. The van der Waals surface area contributed by atoms with Gasteiger partial charge in [-0.25, -0.2) is 9.97 Å². The number of aromatic nitrogens is 4. The number of hydrogen-bond donors (Lipinski definition) is 3. The van der Waals surface area contributed by atoms with Gasteiger partial charge in [0.05, 0.1) is 24.3 Å². The van der Waals surface area contributed by atoms with Gasteiger partial charge >= 0.3 is 50.5 Å². The Hall–Kier alpha value is -3.22. The molecular formula is C45H71B3N6NaO7Si2. The number of carbonyl (C=O) groups excluding carboxylic acids is 1. The molecule has 0 aliphatic heterocycles. The van der Waals surface area contributed by atoms with Crippen molar-refractivity contribution in [2.24, 2.45) is 14.1 Å². The van der Waals surface area contributed by atoms with Gasteiger partial charge in [-0.1, -0.05) is 90.1 Å². The van der Waals surface area contributed by atoms with Gasteiger partial charge in [0.25, 0.3) is 0 Å². The number of rotatable bonds is 20. The summed E-state index contributed by atoms with van der Waals surface area (Å²) < 4.78 is 31.7. The Balaban J connectivity index is 0.00000121. The van der Waals surface area contributed by atoms with Gasteiger partial charge in [-0.15, -0.1) is 0 Å². The number of ether oxygens (including phenoxy) is 1. The van der Waals surface area contributed by atoms with E-state index in [4.69, 9.17) is 43.7 Å². The standard InChI is InChI=1S/C23H35BN3O4Si.C22H35BN3O3Si.B.Na.H/c1-16(31-32(7,8)23(2,3)4)21-26-20(14-27(21)5)18-11-9-17(10-12-18)13-19(22(28)29-6)24-30-15-25;1-16(29-30(6,7)22(2,3)4)21-25-20(13-26(21)5)18-10-8-17(9-11-18)12-19(14-27)23-28-15-24;;;/h9-12,14-16,19,25H,13H2,1-8H3;8-11,13,15-16,19,24,27H,12,14H2,1-7H3;;;/q;;;+1;-1. The van der Waals surface area contributed by atoms with Crippen LogP contribution in [0.2, 0.25) is 47.9 Å². The average Bonchev–Trinajstić information content (AvgIpc) is 3.79. The van der Waals surface area contributed by atoms with E-state index in [0.717, 1.165) is 58.1 Å². The zero-order valence-corrected chi connectivity index (χ0v) is 45.3. The van der Waals surface area contributed by atoms with E-state index in [9.17, 15) is 9.90 Å². The van der Waals surface area contributed by atoms with E-state index in [-0.39, 0.29) is 74.1 Å². The van der Waals surface area contributed by atoms with Crippen molar-refractivity contribution in [3.63, 3.8) is 0 Å². The number of carbonyl (C=O) groups is 1. The number of nitrogens with zero attached hydrogens (tertiary/aromatic N) is 4. The number of aliphatic hydroxyl groups excluding tert-OH is 1. The predicted octanol–water partition coefficient (Wildman–Crippen LogP) is 6.39. The predicted molar refractivity (Wildman–Crippen MR) is 263 cm³/mol. The molecule has 4 unspecified atom stereocenters. The van der Waals surface area contributed by atoms with E-state index in [1.807, 2.05) is 84.2 Å². The smallest absolute Gasteiger partial charge is 1.00 e. The first kappa shape index (κ1) is 58.8. The molecule has 4 aromatic rings. The molecule has 0 aliphatic rings. The van der Waals surface area contributed by atoms with Crippen LogP contribution in [0.1, 0.15) is 91.8 Å². The summed E-state index contributed by atoms with van der Waals surface area (Å²) in [7, 11) is 4.37. The van der Waals surface area contributed by atoms with Crippen LogP contribution in [0.15, 0.2) is 60.9 Å². The van der Waals surface area contributed by atoms with Gasteiger partial charge < -0.3 is 38.6 Å². The number of methoxy groups -OCH3 is 1. The summed E-state index contributed by atoms with van der Waals surface area (Å²) in [4.78, 5) is 21.7. The van der Waals surface area contributed by atoms with Gasteiger partial charge in [0.1, 0.15) is 36.7 Å². The Labute approximate surface area is 412 Å². The molecule has 2 heterocycles. The second kappa shape index (κ2) is 25.6. The van der Waals surface area contributed by atoms with Crippen molar-refractivity contribution in [3.05, 3.63) is 83.7 Å². The zero-order valence-electron chi connectivity index (χ0n) is 42.3. The maximum atomic E-state index is 11.9. The molecule has 0 aliphatic carbocycles. The number of hydrogen-bond acceptors (Lipinski definition) is 11. The molecule has 5 radical (unpaired) electrons. The first-order chi connectivity index (χ1) is 28.9. The van der Waals surface area contributed by atoms with Crippen LogP contribution >= 0.6 is 0 Å². The third kappa shape index (κ3) is 16.6. The molecule has 4 rings (SSSR count). The van der Waals surface area contributed by atoms with Crippen molar-refractivity contribution < 1.29 is 63.8 Å². The summed E-state index contributed by atoms with van der Waals surface area (Å²) in [5.74, 6) is 0.700. The Morgan fingerprint density at radius 1 is 0.750 bits per heavy atom. The summed E-state index contributed by atoms with van der Waals surface area (Å²) in [6.45, 7) is 26.6. The van der Waals surface area contributed by atoms with Crippen molar-refractivity contribution in [1.29, 1.82) is 10.8 Å². The third-order valence-electron chi connectivity index (χ3n) is 11.9.